The van der Waals surface area contributed by atoms with E-state index >= 15 is 0 Å². The SMILES string of the molecule is CC[C@@H](CC[C@@H](C)[C@H]1[C@H](O[C@@H]2O[C@@H]([C@@H](O)COC)[C@H](O[C@@H]3O[C@@H]([C@@H](O)COC)[C@H](O)[C@H]3O)[C@H]2O)CC2=C3[C@@H](O)[C@@H](O)[C@H]4C[C@H](O)CC[C@]4(C)[C@H]3CC[C@@]21C)C(C)C. The summed E-state index contributed by atoms with van der Waals surface area (Å²) < 4.78 is 35.3. The molecule has 0 aromatic heterocycles. The van der Waals surface area contributed by atoms with Gasteiger partial charge in [-0.1, -0.05) is 60.0 Å². The van der Waals surface area contributed by atoms with Crippen LogP contribution in [0.2, 0.25) is 0 Å². The van der Waals surface area contributed by atoms with Crippen LogP contribution < -0.4 is 0 Å². The molecule has 5 fully saturated rings. The highest BCUT2D eigenvalue weighted by atomic mass is 16.8. The van der Waals surface area contributed by atoms with E-state index in [4.69, 9.17) is 28.4 Å². The van der Waals surface area contributed by atoms with Gasteiger partial charge >= 0.3 is 0 Å². The van der Waals surface area contributed by atoms with E-state index in [1.807, 2.05) is 0 Å². The molecule has 0 aromatic rings. The molecule has 2 aliphatic heterocycles. The fraction of sp³-hybridized carbons (Fsp3) is 0.953. The molecule has 3 saturated carbocycles. The summed E-state index contributed by atoms with van der Waals surface area (Å²) in [7, 11) is 2.81. The van der Waals surface area contributed by atoms with Gasteiger partial charge in [0.25, 0.3) is 0 Å². The zero-order valence-corrected chi connectivity index (χ0v) is 35.4. The molecular weight excluding hydrogens is 740 g/mol. The van der Waals surface area contributed by atoms with Crippen LogP contribution in [0.1, 0.15) is 99.3 Å². The van der Waals surface area contributed by atoms with E-state index in [2.05, 4.69) is 41.5 Å². The topological polar surface area (TPSA) is 217 Å². The monoisotopic (exact) mass is 815 g/mol. The fourth-order valence-electron chi connectivity index (χ4n) is 12.5. The second kappa shape index (κ2) is 18.3. The van der Waals surface area contributed by atoms with Gasteiger partial charge in [-0.25, -0.2) is 0 Å². The van der Waals surface area contributed by atoms with E-state index in [1.165, 1.54) is 14.2 Å². The summed E-state index contributed by atoms with van der Waals surface area (Å²) >= 11 is 0. The van der Waals surface area contributed by atoms with Crippen LogP contribution in [-0.2, 0) is 28.4 Å². The van der Waals surface area contributed by atoms with Crippen molar-refractivity contribution in [1.82, 2.24) is 0 Å². The number of aliphatic hydroxyl groups excluding tert-OH is 8. The summed E-state index contributed by atoms with van der Waals surface area (Å²) in [6.07, 6.45) is -9.36. The number of methoxy groups -OCH3 is 2. The summed E-state index contributed by atoms with van der Waals surface area (Å²) in [5.74, 6) is 1.09. The van der Waals surface area contributed by atoms with Crippen LogP contribution in [0.5, 0.6) is 0 Å². The molecule has 14 nitrogen and oxygen atoms in total. The first kappa shape index (κ1) is 45.7. The van der Waals surface area contributed by atoms with Crippen LogP contribution >= 0.6 is 0 Å². The van der Waals surface area contributed by atoms with Crippen LogP contribution in [0.3, 0.4) is 0 Å². The minimum absolute atomic E-state index is 0.0371. The first-order chi connectivity index (χ1) is 26.9. The molecule has 2 heterocycles. The maximum Gasteiger partial charge on any atom is 0.187 e. The Kier molecular flexibility index (Phi) is 14.6. The first-order valence-electron chi connectivity index (χ1n) is 21.7. The Labute approximate surface area is 338 Å². The largest absolute Gasteiger partial charge is 0.393 e. The van der Waals surface area contributed by atoms with Crippen molar-refractivity contribution in [3.8, 4) is 0 Å². The number of hydrogen-bond donors (Lipinski definition) is 8. The smallest absolute Gasteiger partial charge is 0.187 e. The van der Waals surface area contributed by atoms with Crippen molar-refractivity contribution in [2.45, 2.75) is 185 Å². The Balaban J connectivity index is 1.32. The molecule has 14 heteroatoms. The second-order valence-electron chi connectivity index (χ2n) is 19.3. The van der Waals surface area contributed by atoms with Gasteiger partial charge in [0.05, 0.1) is 31.5 Å². The molecule has 0 aromatic carbocycles. The zero-order valence-electron chi connectivity index (χ0n) is 35.4. The molecule has 0 radical (unpaired) electrons. The summed E-state index contributed by atoms with van der Waals surface area (Å²) in [5, 5.41) is 89.5. The highest BCUT2D eigenvalue weighted by Crippen LogP contribution is 2.66. The van der Waals surface area contributed by atoms with E-state index in [-0.39, 0.29) is 47.7 Å². The second-order valence-corrected chi connectivity index (χ2v) is 19.3. The molecule has 2 saturated heterocycles. The number of fused-ring (bicyclic) bond motifs is 4. The van der Waals surface area contributed by atoms with Gasteiger partial charge in [0.2, 0.25) is 0 Å². The highest BCUT2D eigenvalue weighted by Gasteiger charge is 2.63. The maximum absolute atomic E-state index is 12.0. The van der Waals surface area contributed by atoms with Gasteiger partial charge < -0.3 is 69.3 Å². The third-order valence-electron chi connectivity index (χ3n) is 15.7. The van der Waals surface area contributed by atoms with Crippen molar-refractivity contribution in [1.29, 1.82) is 0 Å². The van der Waals surface area contributed by atoms with Crippen molar-refractivity contribution in [2.24, 2.45) is 46.3 Å². The molecular formula is C43H74O14. The average molecular weight is 815 g/mol. The summed E-state index contributed by atoms with van der Waals surface area (Å²) in [5.41, 5.74) is 1.38. The molecule has 8 N–H and O–H groups in total. The minimum atomic E-state index is -1.58. The summed E-state index contributed by atoms with van der Waals surface area (Å²) in [6.45, 7) is 13.2. The lowest BCUT2D eigenvalue weighted by atomic mass is 9.47. The summed E-state index contributed by atoms with van der Waals surface area (Å²) in [6, 6.07) is 0. The van der Waals surface area contributed by atoms with Crippen molar-refractivity contribution in [3.05, 3.63) is 11.1 Å². The van der Waals surface area contributed by atoms with Gasteiger partial charge in [-0.3, -0.25) is 0 Å². The maximum atomic E-state index is 12.0. The number of aliphatic hydroxyl groups is 8. The Bertz CT molecular complexity index is 1360. The summed E-state index contributed by atoms with van der Waals surface area (Å²) in [4.78, 5) is 0. The third kappa shape index (κ3) is 8.41. The van der Waals surface area contributed by atoms with Crippen LogP contribution in [0, 0.1) is 46.3 Å². The molecule has 0 bridgehead atoms. The molecule has 0 spiro atoms. The number of rotatable bonds is 16. The third-order valence-corrected chi connectivity index (χ3v) is 15.7. The van der Waals surface area contributed by atoms with Gasteiger partial charge in [-0.15, -0.1) is 0 Å². The fourth-order valence-corrected chi connectivity index (χ4v) is 12.5. The average Bonchev–Trinajstić information content (AvgIpc) is 3.75. The Morgan fingerprint density at radius 3 is 2.04 bits per heavy atom. The molecule has 330 valence electrons. The lowest BCUT2D eigenvalue weighted by molar-refractivity contribution is -0.226. The molecule has 0 amide bonds. The normalized spacial score (nSPS) is 46.8. The van der Waals surface area contributed by atoms with Gasteiger partial charge in [0.15, 0.2) is 12.6 Å². The molecule has 0 unspecified atom stereocenters. The van der Waals surface area contributed by atoms with E-state index in [0.29, 0.717) is 31.1 Å². The van der Waals surface area contributed by atoms with Gasteiger partial charge in [-0.2, -0.15) is 0 Å². The highest BCUT2D eigenvalue weighted by molar-refractivity contribution is 5.39. The van der Waals surface area contributed by atoms with Crippen molar-refractivity contribution < 1.29 is 69.3 Å². The van der Waals surface area contributed by atoms with Crippen LogP contribution in [0.25, 0.3) is 0 Å². The van der Waals surface area contributed by atoms with Crippen molar-refractivity contribution >= 4 is 0 Å². The standard InChI is InChI=1S/C43H74O14/c1-9-22(20(2)3)11-10-21(4)31-29(17-25-30-24(13-15-43(25,31)6)42(5)14-12-23(44)16-26(42)32(47)33(30)48)54-41-36(51)39(38(56-41)28(46)19-53-8)57-40-35(50)34(49)37(55-40)27(45)18-52-7/h20-24,26-29,31-41,44-51H,9-19H2,1-8H3/t21-,22+,23-,24+,26-,27+,28+,29-,31+,32+,33-,34-,35-,36-,37+,38+,39-,40+,41-,42-,43+/m1/s1. The number of ether oxygens (including phenoxy) is 6. The van der Waals surface area contributed by atoms with Gasteiger partial charge in [0.1, 0.15) is 54.9 Å². The minimum Gasteiger partial charge on any atom is -0.393 e. The van der Waals surface area contributed by atoms with Crippen LogP contribution in [0.15, 0.2) is 11.1 Å². The lowest BCUT2D eigenvalue weighted by Gasteiger charge is -2.59. The molecule has 6 aliphatic rings. The lowest BCUT2D eigenvalue weighted by Crippen LogP contribution is -2.58. The van der Waals surface area contributed by atoms with E-state index < -0.39 is 85.8 Å². The molecule has 4 aliphatic carbocycles. The van der Waals surface area contributed by atoms with E-state index in [1.54, 1.807) is 0 Å². The Morgan fingerprint density at radius 1 is 0.772 bits per heavy atom. The van der Waals surface area contributed by atoms with Gasteiger partial charge in [0, 0.05) is 14.2 Å². The van der Waals surface area contributed by atoms with Gasteiger partial charge in [-0.05, 0) is 96.9 Å². The van der Waals surface area contributed by atoms with Crippen molar-refractivity contribution in [3.63, 3.8) is 0 Å². The predicted octanol–water partition coefficient (Wildman–Crippen LogP) is 2.04. The van der Waals surface area contributed by atoms with Crippen LogP contribution in [0.4, 0.5) is 0 Å². The van der Waals surface area contributed by atoms with Crippen molar-refractivity contribution in [2.75, 3.05) is 27.4 Å². The quantitative estimate of drug-likeness (QED) is 0.105. The Hall–Kier alpha value is -0.820. The number of hydrogen-bond acceptors (Lipinski definition) is 14. The van der Waals surface area contributed by atoms with E-state index in [0.717, 1.165) is 49.7 Å². The van der Waals surface area contributed by atoms with Crippen LogP contribution in [-0.4, -0.2) is 154 Å². The molecule has 6 rings (SSSR count). The zero-order chi connectivity index (χ0) is 41.7. The Morgan fingerprint density at radius 2 is 1.40 bits per heavy atom. The first-order valence-corrected chi connectivity index (χ1v) is 21.7. The molecule has 57 heavy (non-hydrogen) atoms. The molecule has 21 atom stereocenters. The van der Waals surface area contributed by atoms with E-state index in [9.17, 15) is 40.9 Å². The predicted molar refractivity (Wildman–Crippen MR) is 207 cm³/mol.